The van der Waals surface area contributed by atoms with Crippen molar-refractivity contribution in [1.82, 2.24) is 5.32 Å². The molecule has 0 radical (unpaired) electrons. The highest BCUT2D eigenvalue weighted by Gasteiger charge is 2.11. The minimum Gasteiger partial charge on any atom is -0.383 e. The first-order valence-electron chi connectivity index (χ1n) is 5.97. The fourth-order valence-electron chi connectivity index (χ4n) is 1.46. The zero-order valence-corrected chi connectivity index (χ0v) is 12.6. The third-order valence-electron chi connectivity index (χ3n) is 2.50. The second kappa shape index (κ2) is 8.51. The average molecular weight is 344 g/mol. The lowest BCUT2D eigenvalue weighted by Gasteiger charge is -2.09. The van der Waals surface area contributed by atoms with E-state index in [-0.39, 0.29) is 28.1 Å². The Kier molecular flexibility index (Phi) is 6.98. The average Bonchev–Trinajstić information content (AvgIpc) is 2.44. The number of benzene rings is 1. The molecule has 0 aliphatic heterocycles. The SMILES string of the molecule is COCCNC(=O)CCNc1ccc(C#N)c(Br)c1F. The van der Waals surface area contributed by atoms with Crippen molar-refractivity contribution < 1.29 is 13.9 Å². The number of anilines is 1. The lowest BCUT2D eigenvalue weighted by molar-refractivity contribution is -0.121. The van der Waals surface area contributed by atoms with Gasteiger partial charge in [-0.3, -0.25) is 4.79 Å². The van der Waals surface area contributed by atoms with Crippen LogP contribution >= 0.6 is 15.9 Å². The minimum atomic E-state index is -0.538. The smallest absolute Gasteiger partial charge is 0.221 e. The van der Waals surface area contributed by atoms with Gasteiger partial charge in [0.15, 0.2) is 5.82 Å². The lowest BCUT2D eigenvalue weighted by Crippen LogP contribution is -2.28. The van der Waals surface area contributed by atoms with Crippen molar-refractivity contribution in [2.24, 2.45) is 0 Å². The molecule has 2 N–H and O–H groups in total. The molecule has 0 bridgehead atoms. The minimum absolute atomic E-state index is 0.120. The van der Waals surface area contributed by atoms with Crippen molar-refractivity contribution in [2.45, 2.75) is 6.42 Å². The van der Waals surface area contributed by atoms with E-state index in [0.717, 1.165) is 0 Å². The zero-order chi connectivity index (χ0) is 15.0. The Morgan fingerprint density at radius 1 is 1.50 bits per heavy atom. The van der Waals surface area contributed by atoms with Gasteiger partial charge in [0.05, 0.1) is 22.3 Å². The van der Waals surface area contributed by atoms with E-state index in [2.05, 4.69) is 26.6 Å². The summed E-state index contributed by atoms with van der Waals surface area (Å²) in [5, 5.41) is 14.2. The van der Waals surface area contributed by atoms with E-state index in [1.807, 2.05) is 6.07 Å². The van der Waals surface area contributed by atoms with Gasteiger partial charge in [-0.25, -0.2) is 4.39 Å². The van der Waals surface area contributed by atoms with Crippen LogP contribution in [0.15, 0.2) is 16.6 Å². The van der Waals surface area contributed by atoms with Gasteiger partial charge in [0, 0.05) is 26.6 Å². The number of nitrogens with one attached hydrogen (secondary N) is 2. The monoisotopic (exact) mass is 343 g/mol. The number of ether oxygens (including phenoxy) is 1. The predicted molar refractivity (Wildman–Crippen MR) is 76.8 cm³/mol. The van der Waals surface area contributed by atoms with Gasteiger partial charge in [-0.05, 0) is 28.1 Å². The first-order chi connectivity index (χ1) is 9.60. The third-order valence-corrected chi connectivity index (χ3v) is 3.27. The highest BCUT2D eigenvalue weighted by Crippen LogP contribution is 2.26. The molecule has 0 unspecified atom stereocenters. The van der Waals surface area contributed by atoms with E-state index >= 15 is 0 Å². The number of methoxy groups -OCH3 is 1. The number of hydrogen-bond donors (Lipinski definition) is 2. The van der Waals surface area contributed by atoms with Crippen LogP contribution in [0.5, 0.6) is 0 Å². The van der Waals surface area contributed by atoms with Crippen LogP contribution in [-0.2, 0) is 9.53 Å². The van der Waals surface area contributed by atoms with E-state index in [1.54, 1.807) is 7.11 Å². The van der Waals surface area contributed by atoms with E-state index in [1.165, 1.54) is 12.1 Å². The van der Waals surface area contributed by atoms with E-state index < -0.39 is 5.82 Å². The van der Waals surface area contributed by atoms with Crippen molar-refractivity contribution in [3.8, 4) is 6.07 Å². The lowest BCUT2D eigenvalue weighted by atomic mass is 10.2. The Bertz CT molecular complexity index is 517. The molecule has 1 amide bonds. The van der Waals surface area contributed by atoms with Gasteiger partial charge in [0.2, 0.25) is 5.91 Å². The maximum Gasteiger partial charge on any atom is 0.221 e. The van der Waals surface area contributed by atoms with Gasteiger partial charge in [0.1, 0.15) is 6.07 Å². The summed E-state index contributed by atoms with van der Waals surface area (Å²) in [5.41, 5.74) is 0.478. The van der Waals surface area contributed by atoms with Gasteiger partial charge >= 0.3 is 0 Å². The van der Waals surface area contributed by atoms with E-state index in [0.29, 0.717) is 19.7 Å². The van der Waals surface area contributed by atoms with Gasteiger partial charge in [0.25, 0.3) is 0 Å². The topological polar surface area (TPSA) is 74.2 Å². The number of rotatable bonds is 7. The molecule has 1 rings (SSSR count). The third kappa shape index (κ3) is 4.79. The maximum absolute atomic E-state index is 13.8. The number of nitrogens with zero attached hydrogens (tertiary/aromatic N) is 1. The van der Waals surface area contributed by atoms with Crippen molar-refractivity contribution in [2.75, 3.05) is 32.1 Å². The molecule has 20 heavy (non-hydrogen) atoms. The molecular formula is C13H15BrFN3O2. The second-order valence-electron chi connectivity index (χ2n) is 3.92. The summed E-state index contributed by atoms with van der Waals surface area (Å²) < 4.78 is 18.8. The fraction of sp³-hybridized carbons (Fsp3) is 0.385. The molecule has 0 fully saturated rings. The molecule has 1 aromatic rings. The number of carbonyl (C=O) groups is 1. The van der Waals surface area contributed by atoms with Crippen molar-refractivity contribution in [3.63, 3.8) is 0 Å². The quantitative estimate of drug-likeness (QED) is 0.743. The molecular weight excluding hydrogens is 329 g/mol. The summed E-state index contributed by atoms with van der Waals surface area (Å²) in [6, 6.07) is 4.86. The first-order valence-corrected chi connectivity index (χ1v) is 6.77. The summed E-state index contributed by atoms with van der Waals surface area (Å²) >= 11 is 3.02. The molecule has 1 aromatic carbocycles. The number of nitriles is 1. The molecule has 5 nitrogen and oxygen atoms in total. The molecule has 0 aromatic heterocycles. The molecule has 0 atom stereocenters. The highest BCUT2D eigenvalue weighted by molar-refractivity contribution is 9.10. The highest BCUT2D eigenvalue weighted by atomic mass is 79.9. The number of hydrogen-bond acceptors (Lipinski definition) is 4. The molecule has 0 spiro atoms. The normalized spacial score (nSPS) is 9.90. The van der Waals surface area contributed by atoms with Crippen molar-refractivity contribution in [3.05, 3.63) is 28.0 Å². The van der Waals surface area contributed by atoms with E-state index in [9.17, 15) is 9.18 Å². The van der Waals surface area contributed by atoms with Crippen LogP contribution in [0.2, 0.25) is 0 Å². The number of amides is 1. The van der Waals surface area contributed by atoms with Gasteiger partial charge in [-0.2, -0.15) is 5.26 Å². The molecule has 7 heteroatoms. The Labute approximate surface area is 125 Å². The summed E-state index contributed by atoms with van der Waals surface area (Å²) in [4.78, 5) is 11.4. The Balaban J connectivity index is 2.45. The van der Waals surface area contributed by atoms with Crippen LogP contribution in [0, 0.1) is 17.1 Å². The second-order valence-corrected chi connectivity index (χ2v) is 4.71. The summed E-state index contributed by atoms with van der Waals surface area (Å²) in [6.45, 7) is 1.20. The summed E-state index contributed by atoms with van der Waals surface area (Å²) in [7, 11) is 1.55. The molecule has 0 saturated carbocycles. The van der Waals surface area contributed by atoms with Crippen LogP contribution in [-0.4, -0.2) is 32.7 Å². The van der Waals surface area contributed by atoms with Gasteiger partial charge in [-0.1, -0.05) is 0 Å². The largest absolute Gasteiger partial charge is 0.383 e. The standard InChI is InChI=1S/C13H15BrFN3O2/c1-20-7-6-18-11(19)4-5-17-10-3-2-9(8-16)12(14)13(10)15/h2-3,17H,4-7H2,1H3,(H,18,19). The van der Waals surface area contributed by atoms with Crippen LogP contribution in [0.25, 0.3) is 0 Å². The Hall–Kier alpha value is -1.65. The molecule has 0 saturated heterocycles. The predicted octanol–water partition coefficient (Wildman–Crippen LogP) is 2.02. The maximum atomic E-state index is 13.8. The van der Waals surface area contributed by atoms with Crippen LogP contribution in [0.3, 0.4) is 0 Å². The zero-order valence-electron chi connectivity index (χ0n) is 11.0. The van der Waals surface area contributed by atoms with Crippen LogP contribution < -0.4 is 10.6 Å². The van der Waals surface area contributed by atoms with Gasteiger partial charge in [-0.15, -0.1) is 0 Å². The molecule has 108 valence electrons. The van der Waals surface area contributed by atoms with E-state index in [4.69, 9.17) is 10.00 Å². The number of halogens is 2. The summed E-state index contributed by atoms with van der Waals surface area (Å²) in [5.74, 6) is -0.675. The van der Waals surface area contributed by atoms with Crippen LogP contribution in [0.4, 0.5) is 10.1 Å². The fourth-order valence-corrected chi connectivity index (χ4v) is 1.90. The molecule has 0 aliphatic rings. The first kappa shape index (κ1) is 16.4. The van der Waals surface area contributed by atoms with Crippen molar-refractivity contribution in [1.29, 1.82) is 5.26 Å². The van der Waals surface area contributed by atoms with Crippen molar-refractivity contribution >= 4 is 27.5 Å². The number of carbonyl (C=O) groups excluding carboxylic acids is 1. The molecule has 0 heterocycles. The Morgan fingerprint density at radius 2 is 2.25 bits per heavy atom. The van der Waals surface area contributed by atoms with Crippen LogP contribution in [0.1, 0.15) is 12.0 Å². The summed E-state index contributed by atoms with van der Waals surface area (Å²) in [6.07, 6.45) is 0.223. The van der Waals surface area contributed by atoms with Gasteiger partial charge < -0.3 is 15.4 Å². The molecule has 0 aliphatic carbocycles. The Morgan fingerprint density at radius 3 is 2.90 bits per heavy atom.